The molecule has 1 aliphatic heterocycles. The first-order chi connectivity index (χ1) is 14.5. The zero-order chi connectivity index (χ0) is 21.4. The Bertz CT molecular complexity index is 1080. The van der Waals surface area contributed by atoms with Crippen molar-refractivity contribution >= 4 is 23.0 Å². The Hall–Kier alpha value is -3.06. The van der Waals surface area contributed by atoms with Crippen LogP contribution in [0.3, 0.4) is 0 Å². The predicted octanol–water partition coefficient (Wildman–Crippen LogP) is 4.23. The Balaban J connectivity index is 1.92. The summed E-state index contributed by atoms with van der Waals surface area (Å²) in [6.07, 6.45) is 1.81. The zero-order valence-corrected chi connectivity index (χ0v) is 18.7. The van der Waals surface area contributed by atoms with Crippen LogP contribution in [-0.2, 0) is 7.05 Å². The number of hydrogen-bond donors (Lipinski definition) is 1. The van der Waals surface area contributed by atoms with E-state index in [1.54, 1.807) is 14.2 Å². The molecule has 30 heavy (non-hydrogen) atoms. The molecule has 1 N–H and O–H groups in total. The fourth-order valence-corrected chi connectivity index (χ4v) is 4.44. The molecule has 2 atom stereocenters. The number of benzene rings is 1. The highest BCUT2D eigenvalue weighted by molar-refractivity contribution is 7.80. The summed E-state index contributed by atoms with van der Waals surface area (Å²) in [7, 11) is 5.41. The molecular formula is C23H26N4O2S. The summed E-state index contributed by atoms with van der Waals surface area (Å²) in [4.78, 5) is 6.75. The van der Waals surface area contributed by atoms with E-state index in [-0.39, 0.29) is 12.1 Å². The Morgan fingerprint density at radius 2 is 1.87 bits per heavy atom. The zero-order valence-electron chi connectivity index (χ0n) is 17.8. The molecule has 4 rings (SSSR count). The molecule has 0 bridgehead atoms. The van der Waals surface area contributed by atoms with Crippen molar-refractivity contribution in [1.82, 2.24) is 14.9 Å². The number of pyridine rings is 1. The van der Waals surface area contributed by atoms with E-state index in [1.165, 1.54) is 17.0 Å². The van der Waals surface area contributed by atoms with Crippen LogP contribution in [0.1, 0.15) is 34.7 Å². The molecule has 7 heteroatoms. The molecule has 1 saturated heterocycles. The lowest BCUT2D eigenvalue weighted by Crippen LogP contribution is -2.30. The van der Waals surface area contributed by atoms with Crippen molar-refractivity contribution in [2.24, 2.45) is 7.05 Å². The monoisotopic (exact) mass is 422 g/mol. The third-order valence-corrected chi connectivity index (χ3v) is 6.19. The lowest BCUT2D eigenvalue weighted by Gasteiger charge is -2.29. The van der Waals surface area contributed by atoms with Crippen LogP contribution in [-0.4, -0.2) is 28.9 Å². The number of nitrogens with one attached hydrogen (secondary N) is 1. The fraction of sp³-hybridized carbons (Fsp3) is 0.304. The maximum Gasteiger partial charge on any atom is 0.174 e. The first-order valence-corrected chi connectivity index (χ1v) is 10.2. The largest absolute Gasteiger partial charge is 0.497 e. The topological polar surface area (TPSA) is 51.6 Å². The first-order valence-electron chi connectivity index (χ1n) is 9.81. The van der Waals surface area contributed by atoms with Crippen molar-refractivity contribution in [2.75, 3.05) is 19.1 Å². The minimum atomic E-state index is -0.102. The lowest BCUT2D eigenvalue weighted by atomic mass is 9.96. The maximum atomic E-state index is 5.83. The quantitative estimate of drug-likeness (QED) is 0.621. The highest BCUT2D eigenvalue weighted by atomic mass is 32.1. The molecule has 0 amide bonds. The number of hydrogen-bond acceptors (Lipinski definition) is 4. The second-order valence-corrected chi connectivity index (χ2v) is 7.81. The number of nitrogens with zero attached hydrogens (tertiary/aromatic N) is 3. The summed E-state index contributed by atoms with van der Waals surface area (Å²) >= 11 is 5.83. The van der Waals surface area contributed by atoms with Crippen LogP contribution in [0.5, 0.6) is 11.5 Å². The Morgan fingerprint density at radius 3 is 2.47 bits per heavy atom. The number of aryl methyl sites for hydroxylation is 1. The van der Waals surface area contributed by atoms with Gasteiger partial charge in [-0.25, -0.2) is 0 Å². The summed E-state index contributed by atoms with van der Waals surface area (Å²) in [5, 5.41) is 4.13. The molecule has 3 aromatic rings. The number of ether oxygens (including phenoxy) is 2. The van der Waals surface area contributed by atoms with Crippen LogP contribution in [0.2, 0.25) is 0 Å². The highest BCUT2D eigenvalue weighted by Gasteiger charge is 2.43. The highest BCUT2D eigenvalue weighted by Crippen LogP contribution is 2.46. The van der Waals surface area contributed by atoms with E-state index in [1.807, 2.05) is 42.6 Å². The van der Waals surface area contributed by atoms with Crippen LogP contribution in [0.15, 0.2) is 48.7 Å². The molecule has 2 aromatic heterocycles. The van der Waals surface area contributed by atoms with E-state index in [0.29, 0.717) is 5.11 Å². The van der Waals surface area contributed by atoms with E-state index in [2.05, 4.69) is 46.7 Å². The van der Waals surface area contributed by atoms with Crippen LogP contribution in [0.4, 0.5) is 5.69 Å². The van der Waals surface area contributed by atoms with E-state index in [4.69, 9.17) is 21.7 Å². The number of rotatable bonds is 5. The van der Waals surface area contributed by atoms with Gasteiger partial charge in [0.15, 0.2) is 5.11 Å². The van der Waals surface area contributed by atoms with Crippen LogP contribution >= 0.6 is 12.2 Å². The van der Waals surface area contributed by atoms with Gasteiger partial charge in [-0.05, 0) is 62.0 Å². The summed E-state index contributed by atoms with van der Waals surface area (Å²) in [5.74, 6) is 1.48. The summed E-state index contributed by atoms with van der Waals surface area (Å²) in [6.45, 7) is 4.25. The van der Waals surface area contributed by atoms with Gasteiger partial charge in [0.2, 0.25) is 0 Å². The normalized spacial score (nSPS) is 18.4. The van der Waals surface area contributed by atoms with Gasteiger partial charge in [-0.1, -0.05) is 6.07 Å². The predicted molar refractivity (Wildman–Crippen MR) is 122 cm³/mol. The molecule has 0 spiro atoms. The van der Waals surface area contributed by atoms with Gasteiger partial charge in [-0.15, -0.1) is 0 Å². The van der Waals surface area contributed by atoms with Crippen LogP contribution < -0.4 is 19.7 Å². The van der Waals surface area contributed by atoms with Crippen molar-refractivity contribution in [2.45, 2.75) is 25.9 Å². The van der Waals surface area contributed by atoms with Gasteiger partial charge in [-0.2, -0.15) is 0 Å². The Labute approximate surface area is 182 Å². The standard InChI is InChI=1S/C23H26N4O2S/c1-14-12-17(15(2)26(14)3)22-21(18-8-6-7-11-24-18)25-23(30)27(22)19-13-16(28-4)9-10-20(19)29-5/h6-13,21-22H,1-5H3,(H,25,30)/t21-,22+/m1/s1. The third kappa shape index (κ3) is 3.29. The second-order valence-electron chi connectivity index (χ2n) is 7.42. The third-order valence-electron chi connectivity index (χ3n) is 5.88. The number of aromatic nitrogens is 2. The summed E-state index contributed by atoms with van der Waals surface area (Å²) < 4.78 is 13.4. The number of anilines is 1. The SMILES string of the molecule is COc1ccc(OC)c(N2C(=S)N[C@H](c3ccccn3)[C@@H]2c2cc(C)n(C)c2C)c1. The molecule has 1 fully saturated rings. The molecule has 6 nitrogen and oxygen atoms in total. The minimum absolute atomic E-state index is 0.0895. The van der Waals surface area contributed by atoms with Crippen molar-refractivity contribution in [3.8, 4) is 11.5 Å². The molecule has 0 unspecified atom stereocenters. The second kappa shape index (κ2) is 7.99. The van der Waals surface area contributed by atoms with E-state index < -0.39 is 0 Å². The molecule has 0 aliphatic carbocycles. The smallest absolute Gasteiger partial charge is 0.174 e. The van der Waals surface area contributed by atoms with Gasteiger partial charge < -0.3 is 24.3 Å². The average molecular weight is 423 g/mol. The molecule has 1 aliphatic rings. The van der Waals surface area contributed by atoms with Crippen molar-refractivity contribution < 1.29 is 9.47 Å². The van der Waals surface area contributed by atoms with Crippen LogP contribution in [0.25, 0.3) is 0 Å². The molecule has 156 valence electrons. The number of thiocarbonyl (C=S) groups is 1. The first kappa shape index (κ1) is 20.2. The Morgan fingerprint density at radius 1 is 1.07 bits per heavy atom. The van der Waals surface area contributed by atoms with Gasteiger partial charge in [-0.3, -0.25) is 4.98 Å². The van der Waals surface area contributed by atoms with Gasteiger partial charge in [0.05, 0.1) is 37.7 Å². The van der Waals surface area contributed by atoms with E-state index >= 15 is 0 Å². The number of methoxy groups -OCH3 is 2. The molecule has 0 saturated carbocycles. The van der Waals surface area contributed by atoms with Crippen LogP contribution in [0, 0.1) is 13.8 Å². The average Bonchev–Trinajstić information content (AvgIpc) is 3.24. The Kier molecular flexibility index (Phi) is 5.39. The van der Waals surface area contributed by atoms with Gasteiger partial charge in [0.1, 0.15) is 11.5 Å². The lowest BCUT2D eigenvalue weighted by molar-refractivity contribution is 0.403. The fourth-order valence-electron chi connectivity index (χ4n) is 4.10. The van der Waals surface area contributed by atoms with E-state index in [0.717, 1.165) is 22.9 Å². The maximum absolute atomic E-state index is 5.83. The van der Waals surface area contributed by atoms with Crippen molar-refractivity contribution in [3.05, 3.63) is 71.3 Å². The van der Waals surface area contributed by atoms with Crippen molar-refractivity contribution in [3.63, 3.8) is 0 Å². The molecule has 3 heterocycles. The minimum Gasteiger partial charge on any atom is -0.497 e. The van der Waals surface area contributed by atoms with Gasteiger partial charge >= 0.3 is 0 Å². The summed E-state index contributed by atoms with van der Waals surface area (Å²) in [5.41, 5.74) is 5.38. The molecule has 0 radical (unpaired) electrons. The van der Waals surface area contributed by atoms with Crippen molar-refractivity contribution in [1.29, 1.82) is 0 Å². The molecular weight excluding hydrogens is 396 g/mol. The van der Waals surface area contributed by atoms with Gasteiger partial charge in [0.25, 0.3) is 0 Å². The van der Waals surface area contributed by atoms with Gasteiger partial charge in [0, 0.05) is 30.7 Å². The molecule has 1 aromatic carbocycles. The summed E-state index contributed by atoms with van der Waals surface area (Å²) in [6, 6.07) is 13.8. The van der Waals surface area contributed by atoms with E-state index in [9.17, 15) is 0 Å².